The maximum atomic E-state index is 12.2. The summed E-state index contributed by atoms with van der Waals surface area (Å²) in [6.07, 6.45) is 7.00. The van der Waals surface area contributed by atoms with Gasteiger partial charge < -0.3 is 11.1 Å². The lowest BCUT2D eigenvalue weighted by Gasteiger charge is -2.31. The molecule has 1 aliphatic rings. The predicted molar refractivity (Wildman–Crippen MR) is 68.5 cm³/mol. The summed E-state index contributed by atoms with van der Waals surface area (Å²) < 4.78 is 0. The Morgan fingerprint density at radius 1 is 1.35 bits per heavy atom. The van der Waals surface area contributed by atoms with Crippen molar-refractivity contribution in [1.82, 2.24) is 4.98 Å². The van der Waals surface area contributed by atoms with Crippen molar-refractivity contribution < 1.29 is 4.79 Å². The fourth-order valence-electron chi connectivity index (χ4n) is 2.31. The second-order valence-electron chi connectivity index (χ2n) is 5.05. The second kappa shape index (κ2) is 4.73. The minimum Gasteiger partial charge on any atom is -0.397 e. The molecule has 1 aliphatic carbocycles. The first-order valence-electron chi connectivity index (χ1n) is 6.13. The Balaban J connectivity index is 2.03. The van der Waals surface area contributed by atoms with E-state index in [9.17, 15) is 4.79 Å². The number of nitrogens with two attached hydrogens (primary N) is 1. The number of hydrogen-bond acceptors (Lipinski definition) is 3. The summed E-state index contributed by atoms with van der Waals surface area (Å²) in [6.45, 7) is 2.04. The van der Waals surface area contributed by atoms with Crippen LogP contribution in [0.2, 0.25) is 0 Å². The molecule has 0 bridgehead atoms. The number of rotatable bonds is 2. The van der Waals surface area contributed by atoms with Crippen molar-refractivity contribution in [1.29, 1.82) is 0 Å². The zero-order valence-electron chi connectivity index (χ0n) is 10.2. The van der Waals surface area contributed by atoms with Crippen LogP contribution >= 0.6 is 0 Å². The highest BCUT2D eigenvalue weighted by Gasteiger charge is 2.34. The molecule has 0 atom stereocenters. The van der Waals surface area contributed by atoms with Gasteiger partial charge in [-0.1, -0.05) is 26.2 Å². The zero-order valence-corrected chi connectivity index (χ0v) is 10.2. The predicted octanol–water partition coefficient (Wildman–Crippen LogP) is 2.57. The number of carbonyl (C=O) groups excluding carboxylic acids is 1. The van der Waals surface area contributed by atoms with E-state index in [1.54, 1.807) is 18.3 Å². The van der Waals surface area contributed by atoms with Crippen molar-refractivity contribution in [2.75, 3.05) is 11.1 Å². The average molecular weight is 233 g/mol. The van der Waals surface area contributed by atoms with E-state index in [1.165, 1.54) is 6.42 Å². The van der Waals surface area contributed by atoms with E-state index in [-0.39, 0.29) is 11.3 Å². The minimum absolute atomic E-state index is 0.0782. The molecule has 1 aromatic heterocycles. The van der Waals surface area contributed by atoms with Crippen LogP contribution in [0.4, 0.5) is 11.5 Å². The molecule has 0 radical (unpaired) electrons. The van der Waals surface area contributed by atoms with Gasteiger partial charge in [-0.05, 0) is 25.0 Å². The van der Waals surface area contributed by atoms with Gasteiger partial charge in [0.25, 0.3) is 0 Å². The molecule has 17 heavy (non-hydrogen) atoms. The summed E-state index contributed by atoms with van der Waals surface area (Å²) in [7, 11) is 0. The van der Waals surface area contributed by atoms with Gasteiger partial charge in [0.1, 0.15) is 5.82 Å². The molecule has 92 valence electrons. The van der Waals surface area contributed by atoms with E-state index in [4.69, 9.17) is 5.73 Å². The lowest BCUT2D eigenvalue weighted by atomic mass is 9.75. The molecule has 0 aromatic carbocycles. The third kappa shape index (κ3) is 2.75. The van der Waals surface area contributed by atoms with E-state index in [0.29, 0.717) is 11.5 Å². The van der Waals surface area contributed by atoms with Crippen LogP contribution in [0.3, 0.4) is 0 Å². The van der Waals surface area contributed by atoms with Crippen LogP contribution in [-0.4, -0.2) is 10.9 Å². The Kier molecular flexibility index (Phi) is 3.31. The normalized spacial score (nSPS) is 18.6. The summed E-state index contributed by atoms with van der Waals surface area (Å²) in [5.41, 5.74) is 5.92. The SMILES string of the molecule is CC1(C(=O)Nc2ccc(N)cn2)CCCCC1. The molecule has 1 saturated carbocycles. The number of carbonyl (C=O) groups is 1. The van der Waals surface area contributed by atoms with Gasteiger partial charge in [0.05, 0.1) is 11.9 Å². The number of aromatic nitrogens is 1. The second-order valence-corrected chi connectivity index (χ2v) is 5.05. The number of anilines is 2. The fourth-order valence-corrected chi connectivity index (χ4v) is 2.31. The van der Waals surface area contributed by atoms with Gasteiger partial charge in [0.15, 0.2) is 0 Å². The molecule has 3 N–H and O–H groups in total. The quantitative estimate of drug-likeness (QED) is 0.825. The monoisotopic (exact) mass is 233 g/mol. The first kappa shape index (κ1) is 11.9. The lowest BCUT2D eigenvalue weighted by Crippen LogP contribution is -2.35. The van der Waals surface area contributed by atoms with Crippen molar-refractivity contribution in [3.63, 3.8) is 0 Å². The van der Waals surface area contributed by atoms with E-state index >= 15 is 0 Å². The first-order chi connectivity index (χ1) is 8.10. The molecular weight excluding hydrogens is 214 g/mol. The highest BCUT2D eigenvalue weighted by Crippen LogP contribution is 2.36. The number of hydrogen-bond donors (Lipinski definition) is 2. The van der Waals surface area contributed by atoms with Gasteiger partial charge in [0, 0.05) is 5.41 Å². The molecular formula is C13H19N3O. The van der Waals surface area contributed by atoms with Gasteiger partial charge in [0.2, 0.25) is 5.91 Å². The molecule has 1 amide bonds. The summed E-state index contributed by atoms with van der Waals surface area (Å²) >= 11 is 0. The Labute approximate surface area is 102 Å². The van der Waals surface area contributed by atoms with Crippen molar-refractivity contribution >= 4 is 17.4 Å². The van der Waals surface area contributed by atoms with Crippen molar-refractivity contribution in [2.24, 2.45) is 5.41 Å². The van der Waals surface area contributed by atoms with Gasteiger partial charge in [-0.25, -0.2) is 4.98 Å². The molecule has 0 aliphatic heterocycles. The van der Waals surface area contributed by atoms with Crippen LogP contribution in [0, 0.1) is 5.41 Å². The highest BCUT2D eigenvalue weighted by atomic mass is 16.2. The first-order valence-corrected chi connectivity index (χ1v) is 6.13. The third-order valence-corrected chi connectivity index (χ3v) is 3.53. The standard InChI is InChI=1S/C13H19N3O/c1-13(7-3-2-4-8-13)12(17)16-11-6-5-10(14)9-15-11/h5-6,9H,2-4,7-8,14H2,1H3,(H,15,16,17). The van der Waals surface area contributed by atoms with Crippen molar-refractivity contribution in [3.8, 4) is 0 Å². The highest BCUT2D eigenvalue weighted by molar-refractivity contribution is 5.94. The topological polar surface area (TPSA) is 68.0 Å². The van der Waals surface area contributed by atoms with Crippen LogP contribution in [0.1, 0.15) is 39.0 Å². The average Bonchev–Trinajstić information content (AvgIpc) is 2.33. The number of nitrogens with one attached hydrogen (secondary N) is 1. The van der Waals surface area contributed by atoms with E-state index < -0.39 is 0 Å². The summed E-state index contributed by atoms with van der Waals surface area (Å²) in [4.78, 5) is 16.3. The number of pyridine rings is 1. The Morgan fingerprint density at radius 3 is 2.65 bits per heavy atom. The van der Waals surface area contributed by atoms with Crippen LogP contribution in [-0.2, 0) is 4.79 Å². The molecule has 2 rings (SSSR count). The van der Waals surface area contributed by atoms with E-state index in [0.717, 1.165) is 25.7 Å². The summed E-state index contributed by atoms with van der Waals surface area (Å²) in [5, 5.41) is 2.87. The van der Waals surface area contributed by atoms with Crippen LogP contribution in [0.25, 0.3) is 0 Å². The molecule has 1 heterocycles. The van der Waals surface area contributed by atoms with Crippen LogP contribution in [0.5, 0.6) is 0 Å². The van der Waals surface area contributed by atoms with Gasteiger partial charge in [-0.2, -0.15) is 0 Å². The number of amides is 1. The summed E-state index contributed by atoms with van der Waals surface area (Å²) in [6, 6.07) is 3.48. The molecule has 1 aromatic rings. The van der Waals surface area contributed by atoms with E-state index in [1.807, 2.05) is 6.92 Å². The molecule has 0 saturated heterocycles. The van der Waals surface area contributed by atoms with Crippen molar-refractivity contribution in [3.05, 3.63) is 18.3 Å². The van der Waals surface area contributed by atoms with Gasteiger partial charge in [-0.3, -0.25) is 4.79 Å². The lowest BCUT2D eigenvalue weighted by molar-refractivity contribution is -0.126. The van der Waals surface area contributed by atoms with Crippen LogP contribution < -0.4 is 11.1 Å². The van der Waals surface area contributed by atoms with E-state index in [2.05, 4.69) is 10.3 Å². The molecule has 4 heteroatoms. The van der Waals surface area contributed by atoms with Crippen molar-refractivity contribution in [2.45, 2.75) is 39.0 Å². The Morgan fingerprint density at radius 2 is 2.06 bits per heavy atom. The Hall–Kier alpha value is -1.58. The molecule has 0 unspecified atom stereocenters. The Bertz CT molecular complexity index is 394. The zero-order chi connectivity index (χ0) is 12.3. The molecule has 4 nitrogen and oxygen atoms in total. The minimum atomic E-state index is -0.235. The maximum Gasteiger partial charge on any atom is 0.231 e. The largest absolute Gasteiger partial charge is 0.397 e. The molecule has 0 spiro atoms. The van der Waals surface area contributed by atoms with Gasteiger partial charge >= 0.3 is 0 Å². The number of nitrogen functional groups attached to an aromatic ring is 1. The molecule has 1 fully saturated rings. The summed E-state index contributed by atoms with van der Waals surface area (Å²) in [5.74, 6) is 0.658. The maximum absolute atomic E-state index is 12.2. The third-order valence-electron chi connectivity index (χ3n) is 3.53. The fraction of sp³-hybridized carbons (Fsp3) is 0.538. The number of nitrogens with zero attached hydrogens (tertiary/aromatic N) is 1. The smallest absolute Gasteiger partial charge is 0.231 e. The van der Waals surface area contributed by atoms with Gasteiger partial charge in [-0.15, -0.1) is 0 Å². The van der Waals surface area contributed by atoms with Crippen LogP contribution in [0.15, 0.2) is 18.3 Å².